The second-order valence-electron chi connectivity index (χ2n) is 4.82. The van der Waals surface area contributed by atoms with Crippen LogP contribution >= 0.6 is 0 Å². The molecule has 1 aliphatic carbocycles. The van der Waals surface area contributed by atoms with E-state index in [-0.39, 0.29) is 11.9 Å². The summed E-state index contributed by atoms with van der Waals surface area (Å²) in [5.41, 5.74) is 3.38. The molecule has 3 nitrogen and oxygen atoms in total. The zero-order valence-corrected chi connectivity index (χ0v) is 10.3. The molecule has 94 valence electrons. The van der Waals surface area contributed by atoms with Crippen LogP contribution in [0.5, 0.6) is 5.75 Å². The van der Waals surface area contributed by atoms with Gasteiger partial charge in [-0.05, 0) is 11.6 Å². The Hall–Kier alpha value is -2.13. The zero-order chi connectivity index (χ0) is 12.8. The monoisotopic (exact) mass is 252 g/mol. The molecule has 1 aliphatic heterocycles. The minimum absolute atomic E-state index is 0.0821. The van der Waals surface area contributed by atoms with Gasteiger partial charge in [-0.1, -0.05) is 36.4 Å². The largest absolute Gasteiger partial charge is 0.490 e. The minimum atomic E-state index is 0.0821. The summed E-state index contributed by atoms with van der Waals surface area (Å²) < 4.78 is 10.9. The minimum Gasteiger partial charge on any atom is -0.490 e. The summed E-state index contributed by atoms with van der Waals surface area (Å²) >= 11 is 0. The Bertz CT molecular complexity index is 671. The molecule has 2 aromatic carbocycles. The molecule has 1 saturated heterocycles. The molecule has 0 aromatic heterocycles. The molecule has 2 aliphatic rings. The van der Waals surface area contributed by atoms with Gasteiger partial charge in [-0.15, -0.1) is 0 Å². The average Bonchev–Trinajstić information content (AvgIpc) is 3.24. The van der Waals surface area contributed by atoms with Crippen LogP contribution in [0.1, 0.15) is 15.9 Å². The topological polar surface area (TPSA) is 38.8 Å². The van der Waals surface area contributed by atoms with Gasteiger partial charge in [0.1, 0.15) is 18.5 Å². The van der Waals surface area contributed by atoms with Gasteiger partial charge in [-0.2, -0.15) is 0 Å². The van der Waals surface area contributed by atoms with E-state index in [1.54, 1.807) is 0 Å². The Morgan fingerprint density at radius 2 is 1.79 bits per heavy atom. The van der Waals surface area contributed by atoms with Crippen molar-refractivity contribution in [3.05, 3.63) is 53.6 Å². The Morgan fingerprint density at radius 3 is 2.58 bits per heavy atom. The average molecular weight is 252 g/mol. The van der Waals surface area contributed by atoms with E-state index in [9.17, 15) is 4.79 Å². The first-order chi connectivity index (χ1) is 9.34. The van der Waals surface area contributed by atoms with E-state index < -0.39 is 0 Å². The molecule has 0 radical (unpaired) electrons. The van der Waals surface area contributed by atoms with Gasteiger partial charge in [0.05, 0.1) is 6.61 Å². The lowest BCUT2D eigenvalue weighted by atomic mass is 10.1. The Kier molecular flexibility index (Phi) is 2.23. The smallest absolute Gasteiger partial charge is 0.194 e. The summed E-state index contributed by atoms with van der Waals surface area (Å²) in [5, 5.41) is 0. The van der Waals surface area contributed by atoms with Gasteiger partial charge in [0.25, 0.3) is 0 Å². The van der Waals surface area contributed by atoms with Crippen LogP contribution in [0.25, 0.3) is 11.1 Å². The van der Waals surface area contributed by atoms with Crippen molar-refractivity contribution in [3.8, 4) is 16.9 Å². The fourth-order valence-corrected chi connectivity index (χ4v) is 2.51. The molecule has 1 heterocycles. The maximum absolute atomic E-state index is 12.3. The highest BCUT2D eigenvalue weighted by Gasteiger charge is 2.30. The second-order valence-corrected chi connectivity index (χ2v) is 4.82. The third-order valence-corrected chi connectivity index (χ3v) is 3.54. The van der Waals surface area contributed by atoms with Crippen molar-refractivity contribution in [2.75, 3.05) is 13.2 Å². The van der Waals surface area contributed by atoms with Crippen molar-refractivity contribution >= 4 is 5.78 Å². The number of carbonyl (C=O) groups is 1. The molecule has 0 unspecified atom stereocenters. The zero-order valence-electron chi connectivity index (χ0n) is 10.3. The number of fused-ring (bicyclic) bond motifs is 3. The number of benzene rings is 2. The Labute approximate surface area is 110 Å². The lowest BCUT2D eigenvalue weighted by Crippen LogP contribution is -2.05. The standard InChI is InChI=1S/C16H12O3/c17-16-12-5-2-1-4-11(12)15-13(16)6-3-7-14(15)19-9-10-8-18-10/h1-7,10H,8-9H2/t10-/m0/s1. The molecule has 2 aromatic rings. The maximum Gasteiger partial charge on any atom is 0.194 e. The van der Waals surface area contributed by atoms with E-state index in [4.69, 9.17) is 9.47 Å². The van der Waals surface area contributed by atoms with Crippen molar-refractivity contribution in [1.29, 1.82) is 0 Å². The molecule has 0 N–H and O–H groups in total. The van der Waals surface area contributed by atoms with Crippen LogP contribution in [0.3, 0.4) is 0 Å². The van der Waals surface area contributed by atoms with Gasteiger partial charge in [-0.3, -0.25) is 4.79 Å². The van der Waals surface area contributed by atoms with E-state index in [1.807, 2.05) is 42.5 Å². The molecule has 3 heteroatoms. The molecule has 19 heavy (non-hydrogen) atoms. The van der Waals surface area contributed by atoms with Crippen molar-refractivity contribution in [1.82, 2.24) is 0 Å². The highest BCUT2D eigenvalue weighted by atomic mass is 16.6. The number of hydrogen-bond donors (Lipinski definition) is 0. The molecule has 1 fully saturated rings. The number of rotatable bonds is 3. The van der Waals surface area contributed by atoms with Gasteiger partial charge >= 0.3 is 0 Å². The van der Waals surface area contributed by atoms with E-state index in [0.717, 1.165) is 34.6 Å². The third-order valence-electron chi connectivity index (χ3n) is 3.54. The summed E-state index contributed by atoms with van der Waals surface area (Å²) in [4.78, 5) is 12.3. The normalized spacial score (nSPS) is 18.9. The number of hydrogen-bond acceptors (Lipinski definition) is 3. The first-order valence-corrected chi connectivity index (χ1v) is 6.36. The van der Waals surface area contributed by atoms with E-state index in [2.05, 4.69) is 0 Å². The first-order valence-electron chi connectivity index (χ1n) is 6.36. The van der Waals surface area contributed by atoms with E-state index in [0.29, 0.717) is 6.61 Å². The lowest BCUT2D eigenvalue weighted by molar-refractivity contribution is 0.104. The van der Waals surface area contributed by atoms with Crippen LogP contribution in [-0.2, 0) is 4.74 Å². The Balaban J connectivity index is 1.82. The second kappa shape index (κ2) is 3.93. The quantitative estimate of drug-likeness (QED) is 0.673. The van der Waals surface area contributed by atoms with Crippen molar-refractivity contribution in [2.24, 2.45) is 0 Å². The van der Waals surface area contributed by atoms with Crippen LogP contribution in [0.4, 0.5) is 0 Å². The van der Waals surface area contributed by atoms with Gasteiger partial charge < -0.3 is 9.47 Å². The van der Waals surface area contributed by atoms with Crippen LogP contribution in [0.15, 0.2) is 42.5 Å². The van der Waals surface area contributed by atoms with Crippen molar-refractivity contribution < 1.29 is 14.3 Å². The molecule has 1 atom stereocenters. The van der Waals surface area contributed by atoms with Gasteiger partial charge in [0, 0.05) is 16.7 Å². The molecule has 4 rings (SSSR count). The maximum atomic E-state index is 12.3. The molecule has 0 saturated carbocycles. The molecule has 0 bridgehead atoms. The summed E-state index contributed by atoms with van der Waals surface area (Å²) in [5.74, 6) is 0.852. The molecular formula is C16H12O3. The summed E-state index contributed by atoms with van der Waals surface area (Å²) in [6.07, 6.45) is 0.211. The van der Waals surface area contributed by atoms with Crippen molar-refractivity contribution in [3.63, 3.8) is 0 Å². The number of ether oxygens (including phenoxy) is 2. The highest BCUT2D eigenvalue weighted by molar-refractivity contribution is 6.22. The van der Waals surface area contributed by atoms with Crippen LogP contribution < -0.4 is 4.74 Å². The number of carbonyl (C=O) groups excluding carboxylic acids is 1. The number of ketones is 1. The third kappa shape index (κ3) is 1.66. The molecule has 0 spiro atoms. The fraction of sp³-hybridized carbons (Fsp3) is 0.188. The lowest BCUT2D eigenvalue weighted by Gasteiger charge is -2.09. The summed E-state index contributed by atoms with van der Waals surface area (Å²) in [6, 6.07) is 13.3. The first kappa shape index (κ1) is 10.8. The summed E-state index contributed by atoms with van der Waals surface area (Å²) in [7, 11) is 0. The van der Waals surface area contributed by atoms with E-state index >= 15 is 0 Å². The molecular weight excluding hydrogens is 240 g/mol. The predicted octanol–water partition coefficient (Wildman–Crippen LogP) is 2.68. The van der Waals surface area contributed by atoms with Gasteiger partial charge in [0.2, 0.25) is 0 Å². The van der Waals surface area contributed by atoms with Gasteiger partial charge in [-0.25, -0.2) is 0 Å². The Morgan fingerprint density at radius 1 is 1.05 bits per heavy atom. The number of epoxide rings is 1. The fourth-order valence-electron chi connectivity index (χ4n) is 2.51. The SMILES string of the molecule is O=C1c2ccccc2-c2c(OC[C@@H]3CO3)cccc21. The summed E-state index contributed by atoms with van der Waals surface area (Å²) in [6.45, 7) is 1.32. The van der Waals surface area contributed by atoms with Crippen LogP contribution in [0.2, 0.25) is 0 Å². The van der Waals surface area contributed by atoms with Crippen LogP contribution in [0, 0.1) is 0 Å². The predicted molar refractivity (Wildman–Crippen MR) is 70.5 cm³/mol. The molecule has 0 amide bonds. The van der Waals surface area contributed by atoms with Crippen LogP contribution in [-0.4, -0.2) is 25.1 Å². The van der Waals surface area contributed by atoms with E-state index in [1.165, 1.54) is 0 Å². The highest BCUT2D eigenvalue weighted by Crippen LogP contribution is 2.42. The van der Waals surface area contributed by atoms with Crippen molar-refractivity contribution in [2.45, 2.75) is 6.10 Å². The van der Waals surface area contributed by atoms with Gasteiger partial charge in [0.15, 0.2) is 5.78 Å².